The molecule has 1 amide bonds. The number of carbonyl (C=O) groups excluding carboxylic acids is 1. The van der Waals surface area contributed by atoms with Crippen molar-refractivity contribution in [3.8, 4) is 0 Å². The number of hydrogen-bond acceptors (Lipinski definition) is 4. The van der Waals surface area contributed by atoms with Crippen LogP contribution < -0.4 is 10.6 Å². The minimum absolute atomic E-state index is 0.0123. The molecule has 0 heterocycles. The molecular weight excluding hydrogens is 326 g/mol. The van der Waals surface area contributed by atoms with Crippen LogP contribution >= 0.6 is 15.9 Å². The van der Waals surface area contributed by atoms with Gasteiger partial charge in [-0.3, -0.25) is 14.9 Å². The summed E-state index contributed by atoms with van der Waals surface area (Å²) in [6, 6.07) is 4.91. The Morgan fingerprint density at radius 3 is 2.80 bits per heavy atom. The largest absolute Gasteiger partial charge is 0.379 e. The van der Waals surface area contributed by atoms with Crippen LogP contribution in [0.1, 0.15) is 26.7 Å². The number of nitrogens with one attached hydrogen (secondary N) is 2. The van der Waals surface area contributed by atoms with Crippen LogP contribution in [0.25, 0.3) is 0 Å². The van der Waals surface area contributed by atoms with E-state index in [2.05, 4.69) is 26.6 Å². The van der Waals surface area contributed by atoms with Crippen LogP contribution in [0.5, 0.6) is 0 Å². The average Bonchev–Trinajstić information content (AvgIpc) is 2.39. The van der Waals surface area contributed by atoms with Gasteiger partial charge in [0.2, 0.25) is 5.91 Å². The van der Waals surface area contributed by atoms with Crippen LogP contribution in [0.3, 0.4) is 0 Å². The molecular formula is C13H18BrN3O3. The summed E-state index contributed by atoms with van der Waals surface area (Å²) < 4.78 is 0.643. The molecule has 1 rings (SSSR count). The van der Waals surface area contributed by atoms with Crippen LogP contribution in [-0.4, -0.2) is 23.4 Å². The Kier molecular flexibility index (Phi) is 6.44. The van der Waals surface area contributed by atoms with Gasteiger partial charge in [0, 0.05) is 29.5 Å². The summed E-state index contributed by atoms with van der Waals surface area (Å²) in [7, 11) is 0. The van der Waals surface area contributed by atoms with Gasteiger partial charge in [-0.15, -0.1) is 0 Å². The van der Waals surface area contributed by atoms with Gasteiger partial charge in [-0.1, -0.05) is 22.9 Å². The van der Waals surface area contributed by atoms with Gasteiger partial charge in [0.1, 0.15) is 5.69 Å². The molecule has 0 radical (unpaired) electrons. The van der Waals surface area contributed by atoms with Gasteiger partial charge < -0.3 is 10.6 Å². The Bertz CT molecular complexity index is 494. The Balaban J connectivity index is 2.54. The second-order valence-corrected chi connectivity index (χ2v) is 5.39. The number of hydrogen-bond donors (Lipinski definition) is 2. The van der Waals surface area contributed by atoms with Gasteiger partial charge in [0.05, 0.1) is 4.92 Å². The van der Waals surface area contributed by atoms with E-state index in [1.807, 2.05) is 13.8 Å². The van der Waals surface area contributed by atoms with E-state index in [1.165, 1.54) is 6.07 Å². The Morgan fingerprint density at radius 1 is 1.50 bits per heavy atom. The van der Waals surface area contributed by atoms with E-state index < -0.39 is 4.92 Å². The molecule has 0 aliphatic rings. The molecule has 110 valence electrons. The fraction of sp³-hybridized carbons (Fsp3) is 0.462. The molecule has 2 N–H and O–H groups in total. The first kappa shape index (κ1) is 16.4. The number of benzene rings is 1. The molecule has 1 unspecified atom stereocenters. The molecule has 0 aliphatic carbocycles. The Morgan fingerprint density at radius 2 is 2.20 bits per heavy atom. The third kappa shape index (κ3) is 5.16. The lowest BCUT2D eigenvalue weighted by Crippen LogP contribution is -2.32. The normalized spacial score (nSPS) is 11.8. The van der Waals surface area contributed by atoms with Crippen molar-refractivity contribution >= 4 is 33.2 Å². The van der Waals surface area contributed by atoms with Crippen molar-refractivity contribution in [2.24, 2.45) is 0 Å². The molecule has 0 saturated heterocycles. The summed E-state index contributed by atoms with van der Waals surface area (Å²) in [6.45, 7) is 4.28. The second-order valence-electron chi connectivity index (χ2n) is 4.47. The number of anilines is 1. The van der Waals surface area contributed by atoms with Gasteiger partial charge in [0.25, 0.3) is 5.69 Å². The molecule has 1 atom stereocenters. The quantitative estimate of drug-likeness (QED) is 0.588. The molecule has 1 aromatic rings. The van der Waals surface area contributed by atoms with Crippen LogP contribution in [0.2, 0.25) is 0 Å². The third-order valence-electron chi connectivity index (χ3n) is 2.84. The number of amides is 1. The second kappa shape index (κ2) is 7.84. The van der Waals surface area contributed by atoms with E-state index in [0.29, 0.717) is 16.7 Å². The third-order valence-corrected chi connectivity index (χ3v) is 3.34. The first-order valence-electron chi connectivity index (χ1n) is 6.41. The van der Waals surface area contributed by atoms with Crippen LogP contribution in [0.15, 0.2) is 22.7 Å². The maximum absolute atomic E-state index is 11.6. The molecule has 20 heavy (non-hydrogen) atoms. The van der Waals surface area contributed by atoms with Gasteiger partial charge in [0.15, 0.2) is 0 Å². The number of halogens is 1. The number of nitro groups is 1. The minimum atomic E-state index is -0.452. The molecule has 0 aliphatic heterocycles. The smallest absolute Gasteiger partial charge is 0.293 e. The van der Waals surface area contributed by atoms with Gasteiger partial charge in [-0.2, -0.15) is 0 Å². The predicted octanol–water partition coefficient (Wildman–Crippen LogP) is 3.07. The first-order chi connectivity index (χ1) is 9.43. The van der Waals surface area contributed by atoms with Gasteiger partial charge in [-0.25, -0.2) is 0 Å². The highest BCUT2D eigenvalue weighted by molar-refractivity contribution is 9.10. The number of nitro benzene ring substituents is 1. The summed E-state index contributed by atoms with van der Waals surface area (Å²) in [5, 5.41) is 16.7. The Labute approximate surface area is 126 Å². The highest BCUT2D eigenvalue weighted by Gasteiger charge is 2.14. The summed E-state index contributed by atoms with van der Waals surface area (Å²) >= 11 is 3.19. The fourth-order valence-corrected chi connectivity index (χ4v) is 1.91. The number of nitrogens with zero attached hydrogens (tertiary/aromatic N) is 1. The zero-order valence-electron chi connectivity index (χ0n) is 11.5. The fourth-order valence-electron chi connectivity index (χ4n) is 1.57. The van der Waals surface area contributed by atoms with Crippen molar-refractivity contribution in [2.45, 2.75) is 32.7 Å². The zero-order chi connectivity index (χ0) is 15.1. The van der Waals surface area contributed by atoms with E-state index in [-0.39, 0.29) is 24.1 Å². The molecule has 7 heteroatoms. The van der Waals surface area contributed by atoms with Crippen LogP contribution in [0, 0.1) is 10.1 Å². The van der Waals surface area contributed by atoms with E-state index >= 15 is 0 Å². The SMILES string of the molecule is CCC(C)NC(=O)CCNc1ccc(Br)cc1[N+](=O)[O-]. The van der Waals surface area contributed by atoms with Crippen molar-refractivity contribution in [2.75, 3.05) is 11.9 Å². The standard InChI is InChI=1S/C13H18BrN3O3/c1-3-9(2)16-13(18)6-7-15-11-5-4-10(14)8-12(11)17(19)20/h4-5,8-9,15H,3,6-7H2,1-2H3,(H,16,18). The van der Waals surface area contributed by atoms with E-state index in [4.69, 9.17) is 0 Å². The summed E-state index contributed by atoms with van der Waals surface area (Å²) in [4.78, 5) is 22.1. The maximum atomic E-state index is 11.6. The number of rotatable bonds is 7. The molecule has 0 spiro atoms. The summed E-state index contributed by atoms with van der Waals surface area (Å²) in [5.41, 5.74) is 0.399. The molecule has 0 fully saturated rings. The molecule has 0 saturated carbocycles. The topological polar surface area (TPSA) is 84.3 Å². The van der Waals surface area contributed by atoms with Crippen molar-refractivity contribution in [3.63, 3.8) is 0 Å². The minimum Gasteiger partial charge on any atom is -0.379 e. The van der Waals surface area contributed by atoms with Crippen molar-refractivity contribution in [1.29, 1.82) is 0 Å². The highest BCUT2D eigenvalue weighted by Crippen LogP contribution is 2.27. The molecule has 1 aromatic carbocycles. The highest BCUT2D eigenvalue weighted by atomic mass is 79.9. The van der Waals surface area contributed by atoms with Crippen molar-refractivity contribution in [1.82, 2.24) is 5.32 Å². The van der Waals surface area contributed by atoms with E-state index in [0.717, 1.165) is 6.42 Å². The summed E-state index contributed by atoms with van der Waals surface area (Å²) in [6.07, 6.45) is 1.15. The lowest BCUT2D eigenvalue weighted by molar-refractivity contribution is -0.384. The van der Waals surface area contributed by atoms with E-state index in [9.17, 15) is 14.9 Å². The van der Waals surface area contributed by atoms with Crippen molar-refractivity contribution in [3.05, 3.63) is 32.8 Å². The lowest BCUT2D eigenvalue weighted by atomic mass is 10.2. The van der Waals surface area contributed by atoms with Crippen LogP contribution in [-0.2, 0) is 4.79 Å². The van der Waals surface area contributed by atoms with Gasteiger partial charge >= 0.3 is 0 Å². The van der Waals surface area contributed by atoms with Crippen LogP contribution in [0.4, 0.5) is 11.4 Å². The maximum Gasteiger partial charge on any atom is 0.293 e. The van der Waals surface area contributed by atoms with Crippen molar-refractivity contribution < 1.29 is 9.72 Å². The molecule has 0 bridgehead atoms. The predicted molar refractivity (Wildman–Crippen MR) is 81.8 cm³/mol. The Hall–Kier alpha value is -1.63. The molecule has 0 aromatic heterocycles. The average molecular weight is 344 g/mol. The van der Waals surface area contributed by atoms with Gasteiger partial charge in [-0.05, 0) is 25.5 Å². The van der Waals surface area contributed by atoms with E-state index in [1.54, 1.807) is 12.1 Å². The monoisotopic (exact) mass is 343 g/mol. The molecule has 6 nitrogen and oxygen atoms in total. The lowest BCUT2D eigenvalue weighted by Gasteiger charge is -2.12. The summed E-state index contributed by atoms with van der Waals surface area (Å²) in [5.74, 6) is -0.0633. The first-order valence-corrected chi connectivity index (χ1v) is 7.20. The zero-order valence-corrected chi connectivity index (χ0v) is 13.1. The number of carbonyl (C=O) groups is 1.